The van der Waals surface area contributed by atoms with Gasteiger partial charge in [-0.05, 0) is 6.92 Å². The van der Waals surface area contributed by atoms with E-state index in [0.717, 1.165) is 0 Å². The molecule has 1 aliphatic heterocycles. The lowest BCUT2D eigenvalue weighted by Gasteiger charge is -2.03. The van der Waals surface area contributed by atoms with Gasteiger partial charge in [-0.25, -0.2) is 0 Å². The van der Waals surface area contributed by atoms with Crippen LogP contribution in [0.4, 0.5) is 0 Å². The highest BCUT2D eigenvalue weighted by atomic mass is 16.5. The molecule has 1 fully saturated rings. The lowest BCUT2D eigenvalue weighted by Crippen LogP contribution is -2.06. The molecule has 1 aliphatic rings. The first-order chi connectivity index (χ1) is 3.70. The quantitative estimate of drug-likeness (QED) is 0.438. The maximum absolute atomic E-state index is 10.4. The van der Waals surface area contributed by atoms with Gasteiger partial charge in [0.15, 0.2) is 0 Å². The van der Waals surface area contributed by atoms with Gasteiger partial charge in [-0.3, -0.25) is 4.79 Å². The summed E-state index contributed by atoms with van der Waals surface area (Å²) in [5.41, 5.74) is 0. The predicted octanol–water partition coefficient (Wildman–Crippen LogP) is 0.958. The van der Waals surface area contributed by atoms with Gasteiger partial charge in [0.25, 0.3) is 0 Å². The van der Waals surface area contributed by atoms with E-state index in [-0.39, 0.29) is 12.1 Å². The Kier molecular flexibility index (Phi) is 1.24. The van der Waals surface area contributed by atoms with Crippen LogP contribution in [0, 0.1) is 5.92 Å². The van der Waals surface area contributed by atoms with E-state index in [1.54, 1.807) is 0 Å². The molecule has 2 nitrogen and oxygen atoms in total. The Bertz CT molecular complexity index is 97.1. The van der Waals surface area contributed by atoms with Crippen molar-refractivity contribution in [2.45, 2.75) is 26.4 Å². The minimum absolute atomic E-state index is 0.0509. The van der Waals surface area contributed by atoms with Crippen LogP contribution in [0.3, 0.4) is 0 Å². The van der Waals surface area contributed by atoms with Crippen LogP contribution in [0.5, 0.6) is 0 Å². The minimum atomic E-state index is -0.0509. The molecule has 0 aliphatic carbocycles. The molecule has 0 aromatic carbocycles. The van der Waals surface area contributed by atoms with Gasteiger partial charge in [-0.2, -0.15) is 0 Å². The molecule has 0 amide bonds. The number of carbonyl (C=O) groups excluding carboxylic acids is 1. The summed E-state index contributed by atoms with van der Waals surface area (Å²) >= 11 is 0. The lowest BCUT2D eigenvalue weighted by atomic mass is 10.1. The van der Waals surface area contributed by atoms with Crippen LogP contribution in [0.25, 0.3) is 0 Å². The van der Waals surface area contributed by atoms with Crippen molar-refractivity contribution in [3.8, 4) is 0 Å². The van der Waals surface area contributed by atoms with Gasteiger partial charge in [-0.15, -0.1) is 0 Å². The highest BCUT2D eigenvalue weighted by molar-refractivity contribution is 5.71. The minimum Gasteiger partial charge on any atom is -0.462 e. The fourth-order valence-electron chi connectivity index (χ4n) is 0.800. The van der Waals surface area contributed by atoms with Crippen molar-refractivity contribution in [3.05, 3.63) is 0 Å². The van der Waals surface area contributed by atoms with Gasteiger partial charge in [0, 0.05) is 5.92 Å². The molecule has 1 heterocycles. The zero-order chi connectivity index (χ0) is 6.15. The normalized spacial score (nSPS) is 37.5. The van der Waals surface area contributed by atoms with Crippen LogP contribution in [0.2, 0.25) is 0 Å². The first kappa shape index (κ1) is 5.60. The maximum atomic E-state index is 10.4. The molecule has 1 unspecified atom stereocenters. The molecule has 1 rings (SSSR count). The van der Waals surface area contributed by atoms with E-state index in [0.29, 0.717) is 12.3 Å². The van der Waals surface area contributed by atoms with E-state index in [9.17, 15) is 4.79 Å². The second-order valence-corrected chi connectivity index (χ2v) is 2.38. The molecular formula is C6H10O2. The summed E-state index contributed by atoms with van der Waals surface area (Å²) in [4.78, 5) is 10.4. The fraction of sp³-hybridized carbons (Fsp3) is 0.833. The third-order valence-corrected chi connectivity index (χ3v) is 1.61. The Balaban J connectivity index is 2.51. The molecule has 0 spiro atoms. The fourth-order valence-corrected chi connectivity index (χ4v) is 0.800. The van der Waals surface area contributed by atoms with Crippen molar-refractivity contribution in [2.24, 2.45) is 5.92 Å². The molecule has 2 atom stereocenters. The van der Waals surface area contributed by atoms with E-state index in [1.807, 2.05) is 13.8 Å². The summed E-state index contributed by atoms with van der Waals surface area (Å²) < 4.78 is 4.83. The van der Waals surface area contributed by atoms with Gasteiger partial charge >= 0.3 is 5.97 Å². The predicted molar refractivity (Wildman–Crippen MR) is 29.3 cm³/mol. The number of esters is 1. The molecule has 0 bridgehead atoms. The maximum Gasteiger partial charge on any atom is 0.306 e. The molecule has 0 N–H and O–H groups in total. The Labute approximate surface area is 48.8 Å². The van der Waals surface area contributed by atoms with E-state index in [1.165, 1.54) is 0 Å². The van der Waals surface area contributed by atoms with Crippen molar-refractivity contribution in [1.82, 2.24) is 0 Å². The monoisotopic (exact) mass is 114 g/mol. The van der Waals surface area contributed by atoms with Gasteiger partial charge < -0.3 is 4.74 Å². The number of ether oxygens (including phenoxy) is 1. The first-order valence-electron chi connectivity index (χ1n) is 2.89. The van der Waals surface area contributed by atoms with Gasteiger partial charge in [0.1, 0.15) is 6.10 Å². The number of hydrogen-bond donors (Lipinski definition) is 0. The molecule has 46 valence electrons. The standard InChI is InChI=1S/C6H10O2/c1-4-3-6(7)8-5(4)2/h4-5H,3H2,1-2H3/t4?,5-/m1/s1. The summed E-state index contributed by atoms with van der Waals surface area (Å²) in [7, 11) is 0. The summed E-state index contributed by atoms with van der Waals surface area (Å²) in [5.74, 6) is 0.368. The average Bonchev–Trinajstić information content (AvgIpc) is 1.85. The van der Waals surface area contributed by atoms with Crippen LogP contribution in [-0.4, -0.2) is 12.1 Å². The smallest absolute Gasteiger partial charge is 0.306 e. The second kappa shape index (κ2) is 1.77. The lowest BCUT2D eigenvalue weighted by molar-refractivity contribution is -0.140. The van der Waals surface area contributed by atoms with E-state index < -0.39 is 0 Å². The SMILES string of the molecule is CC1CC(=O)O[C@@H]1C. The van der Waals surface area contributed by atoms with E-state index in [4.69, 9.17) is 4.74 Å². The van der Waals surface area contributed by atoms with Crippen LogP contribution in [0.1, 0.15) is 20.3 Å². The zero-order valence-electron chi connectivity index (χ0n) is 5.18. The van der Waals surface area contributed by atoms with Crippen molar-refractivity contribution in [1.29, 1.82) is 0 Å². The Hall–Kier alpha value is -0.530. The number of hydrogen-bond acceptors (Lipinski definition) is 2. The van der Waals surface area contributed by atoms with Crippen molar-refractivity contribution < 1.29 is 9.53 Å². The third kappa shape index (κ3) is 0.831. The summed E-state index contributed by atoms with van der Waals surface area (Å²) in [6.45, 7) is 3.95. The summed E-state index contributed by atoms with van der Waals surface area (Å²) in [5, 5.41) is 0. The Morgan fingerprint density at radius 3 is 2.38 bits per heavy atom. The zero-order valence-corrected chi connectivity index (χ0v) is 5.18. The number of rotatable bonds is 0. The van der Waals surface area contributed by atoms with Crippen LogP contribution in [-0.2, 0) is 9.53 Å². The number of carbonyl (C=O) groups is 1. The summed E-state index contributed by atoms with van der Waals surface area (Å²) in [6.07, 6.45) is 0.740. The Morgan fingerprint density at radius 2 is 2.25 bits per heavy atom. The summed E-state index contributed by atoms with van der Waals surface area (Å²) in [6, 6.07) is 0. The van der Waals surface area contributed by atoms with Crippen LogP contribution in [0.15, 0.2) is 0 Å². The molecular weight excluding hydrogens is 104 g/mol. The van der Waals surface area contributed by atoms with Crippen molar-refractivity contribution in [2.75, 3.05) is 0 Å². The highest BCUT2D eigenvalue weighted by Crippen LogP contribution is 2.19. The average molecular weight is 114 g/mol. The molecule has 0 aromatic rings. The first-order valence-corrected chi connectivity index (χ1v) is 2.89. The van der Waals surface area contributed by atoms with Crippen molar-refractivity contribution >= 4 is 5.97 Å². The highest BCUT2D eigenvalue weighted by Gasteiger charge is 2.26. The Morgan fingerprint density at radius 1 is 1.62 bits per heavy atom. The van der Waals surface area contributed by atoms with Gasteiger partial charge in [0.2, 0.25) is 0 Å². The molecule has 2 heteroatoms. The van der Waals surface area contributed by atoms with E-state index >= 15 is 0 Å². The molecule has 8 heavy (non-hydrogen) atoms. The van der Waals surface area contributed by atoms with Crippen molar-refractivity contribution in [3.63, 3.8) is 0 Å². The second-order valence-electron chi connectivity index (χ2n) is 2.38. The third-order valence-electron chi connectivity index (χ3n) is 1.61. The van der Waals surface area contributed by atoms with Crippen LogP contribution >= 0.6 is 0 Å². The van der Waals surface area contributed by atoms with Gasteiger partial charge in [0.05, 0.1) is 6.42 Å². The molecule has 0 saturated carbocycles. The largest absolute Gasteiger partial charge is 0.462 e. The van der Waals surface area contributed by atoms with Crippen LogP contribution < -0.4 is 0 Å². The molecule has 0 aromatic heterocycles. The molecule has 0 radical (unpaired) electrons. The number of cyclic esters (lactones) is 1. The van der Waals surface area contributed by atoms with E-state index in [2.05, 4.69) is 0 Å². The topological polar surface area (TPSA) is 26.3 Å². The van der Waals surface area contributed by atoms with Gasteiger partial charge in [-0.1, -0.05) is 6.92 Å². The molecule has 1 saturated heterocycles.